The number of hydrogen-bond acceptors (Lipinski definition) is 3. The molecule has 32 heavy (non-hydrogen) atoms. The average Bonchev–Trinajstić information content (AvgIpc) is 3.13. The minimum atomic E-state index is -0.297. The second-order valence-corrected chi connectivity index (χ2v) is 8.93. The standard InChI is InChI=1S/C28H23NO3/c30-26-22(17-7-3-1-4-8-17)15-21(16-23(26)18-9-5-2-6-10-18)29-27(31)24-19-11-12-20(14-13-19)25(24)28(29)32/h1-10,15-16,19,24,30H,11-14H2. The number of phenols is 1. The third-order valence-electron chi connectivity index (χ3n) is 7.24. The molecule has 3 aromatic rings. The van der Waals surface area contributed by atoms with E-state index in [2.05, 4.69) is 0 Å². The predicted molar refractivity (Wildman–Crippen MR) is 124 cm³/mol. The molecule has 4 nitrogen and oxygen atoms in total. The van der Waals surface area contributed by atoms with Crippen molar-refractivity contribution in [1.82, 2.24) is 0 Å². The first kappa shape index (κ1) is 19.1. The number of allylic oxidation sites excluding steroid dienone is 1. The summed E-state index contributed by atoms with van der Waals surface area (Å²) in [6.07, 6.45) is 3.86. The molecule has 1 saturated heterocycles. The van der Waals surface area contributed by atoms with Crippen molar-refractivity contribution in [3.05, 3.63) is 83.9 Å². The second kappa shape index (κ2) is 7.20. The first-order valence-corrected chi connectivity index (χ1v) is 11.2. The van der Waals surface area contributed by atoms with Crippen LogP contribution in [-0.4, -0.2) is 16.9 Å². The monoisotopic (exact) mass is 421 g/mol. The maximum atomic E-state index is 13.5. The van der Waals surface area contributed by atoms with Gasteiger partial charge in [0.2, 0.25) is 5.91 Å². The Morgan fingerprint density at radius 2 is 1.31 bits per heavy atom. The number of aromatic hydroxyl groups is 1. The quantitative estimate of drug-likeness (QED) is 0.551. The van der Waals surface area contributed by atoms with E-state index in [1.54, 1.807) is 12.1 Å². The fourth-order valence-electron chi connectivity index (χ4n) is 5.68. The zero-order valence-electron chi connectivity index (χ0n) is 17.6. The van der Waals surface area contributed by atoms with Gasteiger partial charge < -0.3 is 5.11 Å². The van der Waals surface area contributed by atoms with Gasteiger partial charge in [0.25, 0.3) is 5.91 Å². The van der Waals surface area contributed by atoms with E-state index in [4.69, 9.17) is 0 Å². The molecule has 1 atom stereocenters. The maximum Gasteiger partial charge on any atom is 0.261 e. The zero-order chi connectivity index (χ0) is 21.8. The molecule has 0 spiro atoms. The molecule has 1 N–H and O–H groups in total. The fraction of sp³-hybridized carbons (Fsp3) is 0.214. The van der Waals surface area contributed by atoms with Gasteiger partial charge in [-0.05, 0) is 54.9 Å². The van der Waals surface area contributed by atoms with Crippen LogP contribution in [0.3, 0.4) is 0 Å². The summed E-state index contributed by atoms with van der Waals surface area (Å²) in [7, 11) is 0. The predicted octanol–water partition coefficient (Wildman–Crippen LogP) is 5.72. The summed E-state index contributed by atoms with van der Waals surface area (Å²) in [6.45, 7) is 0. The smallest absolute Gasteiger partial charge is 0.261 e. The average molecular weight is 421 g/mol. The van der Waals surface area contributed by atoms with Crippen molar-refractivity contribution < 1.29 is 14.7 Å². The summed E-state index contributed by atoms with van der Waals surface area (Å²) in [6, 6.07) is 22.7. The van der Waals surface area contributed by atoms with Crippen LogP contribution in [0, 0.1) is 11.8 Å². The van der Waals surface area contributed by atoms with E-state index in [0.29, 0.717) is 16.8 Å². The lowest BCUT2D eigenvalue weighted by molar-refractivity contribution is -0.123. The van der Waals surface area contributed by atoms with Crippen molar-refractivity contribution in [2.24, 2.45) is 11.8 Å². The van der Waals surface area contributed by atoms with Gasteiger partial charge in [0.05, 0.1) is 11.6 Å². The Morgan fingerprint density at radius 3 is 1.81 bits per heavy atom. The number of carbonyl (C=O) groups is 2. The van der Waals surface area contributed by atoms with Gasteiger partial charge in [-0.25, -0.2) is 4.90 Å². The normalized spacial score (nSPS) is 21.9. The van der Waals surface area contributed by atoms with Gasteiger partial charge in [-0.3, -0.25) is 9.59 Å². The highest BCUT2D eigenvalue weighted by Gasteiger charge is 2.52. The lowest BCUT2D eigenvalue weighted by Gasteiger charge is -2.34. The molecule has 4 heteroatoms. The molecule has 3 aromatic carbocycles. The van der Waals surface area contributed by atoms with E-state index in [1.165, 1.54) is 10.5 Å². The number of phenolic OH excluding ortho intramolecular Hbond substituents is 1. The molecule has 0 radical (unpaired) electrons. The van der Waals surface area contributed by atoms with Crippen LogP contribution in [0.4, 0.5) is 5.69 Å². The number of rotatable bonds is 3. The molecule has 1 saturated carbocycles. The van der Waals surface area contributed by atoms with Gasteiger partial charge in [-0.15, -0.1) is 0 Å². The Kier molecular flexibility index (Phi) is 4.29. The number of hydrogen-bond donors (Lipinski definition) is 1. The van der Waals surface area contributed by atoms with Crippen LogP contribution in [0.15, 0.2) is 83.9 Å². The van der Waals surface area contributed by atoms with E-state index in [0.717, 1.165) is 42.4 Å². The molecule has 1 aliphatic heterocycles. The van der Waals surface area contributed by atoms with E-state index < -0.39 is 0 Å². The highest BCUT2D eigenvalue weighted by atomic mass is 16.3. The van der Waals surface area contributed by atoms with Crippen molar-refractivity contribution in [3.8, 4) is 28.0 Å². The van der Waals surface area contributed by atoms with Crippen LogP contribution >= 0.6 is 0 Å². The van der Waals surface area contributed by atoms with Crippen molar-refractivity contribution in [1.29, 1.82) is 0 Å². The SMILES string of the molecule is O=C1C2=C3CCC(CC3)C2C(=O)N1c1cc(-c2ccccc2)c(O)c(-c2ccccc2)c1. The third-order valence-corrected chi connectivity index (χ3v) is 7.24. The molecule has 0 aromatic heterocycles. The third kappa shape index (κ3) is 2.76. The van der Waals surface area contributed by atoms with Crippen molar-refractivity contribution >= 4 is 17.5 Å². The Balaban J connectivity index is 1.55. The summed E-state index contributed by atoms with van der Waals surface area (Å²) in [5, 5.41) is 11.2. The first-order chi connectivity index (χ1) is 15.6. The summed E-state index contributed by atoms with van der Waals surface area (Å²) >= 11 is 0. The molecule has 2 fully saturated rings. The summed E-state index contributed by atoms with van der Waals surface area (Å²) in [4.78, 5) is 28.4. The van der Waals surface area contributed by atoms with E-state index in [1.807, 2.05) is 60.7 Å². The molecule has 2 amide bonds. The van der Waals surface area contributed by atoms with Gasteiger partial charge >= 0.3 is 0 Å². The molecule has 2 bridgehead atoms. The number of imide groups is 1. The lowest BCUT2D eigenvalue weighted by atomic mass is 9.67. The summed E-state index contributed by atoms with van der Waals surface area (Å²) in [5.41, 5.74) is 5.33. The van der Waals surface area contributed by atoms with E-state index in [9.17, 15) is 14.7 Å². The van der Waals surface area contributed by atoms with Crippen molar-refractivity contribution in [2.45, 2.75) is 25.7 Å². The van der Waals surface area contributed by atoms with Gasteiger partial charge in [-0.2, -0.15) is 0 Å². The molecule has 158 valence electrons. The Bertz CT molecular complexity index is 1210. The zero-order valence-corrected chi connectivity index (χ0v) is 17.6. The Hall–Kier alpha value is -3.66. The molecule has 4 aliphatic rings. The van der Waals surface area contributed by atoms with Gasteiger partial charge in [0.1, 0.15) is 5.75 Å². The van der Waals surface area contributed by atoms with Gasteiger partial charge in [-0.1, -0.05) is 66.2 Å². The Morgan fingerprint density at radius 1 is 0.781 bits per heavy atom. The minimum Gasteiger partial charge on any atom is -0.507 e. The highest BCUT2D eigenvalue weighted by molar-refractivity contribution is 6.30. The number of benzene rings is 3. The number of anilines is 1. The van der Waals surface area contributed by atoms with E-state index in [-0.39, 0.29) is 29.4 Å². The molecule has 7 rings (SSSR count). The molecule has 1 unspecified atom stereocenters. The van der Waals surface area contributed by atoms with Crippen molar-refractivity contribution in [2.75, 3.05) is 4.90 Å². The van der Waals surface area contributed by atoms with Crippen LogP contribution in [0.2, 0.25) is 0 Å². The maximum absolute atomic E-state index is 13.5. The number of carbonyl (C=O) groups excluding carboxylic acids is 2. The topological polar surface area (TPSA) is 57.6 Å². The van der Waals surface area contributed by atoms with Crippen LogP contribution in [0.25, 0.3) is 22.3 Å². The fourth-order valence-corrected chi connectivity index (χ4v) is 5.68. The minimum absolute atomic E-state index is 0.115. The van der Waals surface area contributed by atoms with Crippen LogP contribution < -0.4 is 4.90 Å². The van der Waals surface area contributed by atoms with Crippen LogP contribution in [0.5, 0.6) is 5.75 Å². The van der Waals surface area contributed by atoms with Crippen LogP contribution in [0.1, 0.15) is 25.7 Å². The summed E-state index contributed by atoms with van der Waals surface area (Å²) in [5.74, 6) is -0.180. The van der Waals surface area contributed by atoms with Crippen LogP contribution in [-0.2, 0) is 9.59 Å². The summed E-state index contributed by atoms with van der Waals surface area (Å²) < 4.78 is 0. The largest absolute Gasteiger partial charge is 0.507 e. The molecule has 3 aliphatic carbocycles. The van der Waals surface area contributed by atoms with Gasteiger partial charge in [0.15, 0.2) is 0 Å². The van der Waals surface area contributed by atoms with E-state index >= 15 is 0 Å². The number of amides is 2. The molecular formula is C28H23NO3. The Labute approximate surface area is 186 Å². The second-order valence-electron chi connectivity index (χ2n) is 8.93. The molecule has 1 heterocycles. The molecular weight excluding hydrogens is 398 g/mol. The van der Waals surface area contributed by atoms with Crippen molar-refractivity contribution in [3.63, 3.8) is 0 Å². The number of nitrogens with zero attached hydrogens (tertiary/aromatic N) is 1. The first-order valence-electron chi connectivity index (χ1n) is 11.2. The lowest BCUT2D eigenvalue weighted by Crippen LogP contribution is -2.33. The highest BCUT2D eigenvalue weighted by Crippen LogP contribution is 2.51. The van der Waals surface area contributed by atoms with Gasteiger partial charge in [0, 0.05) is 16.7 Å². The number of fused-ring (bicyclic) bond motifs is 2.